The van der Waals surface area contributed by atoms with Crippen LogP contribution in [0.2, 0.25) is 0 Å². The molecule has 19 heavy (non-hydrogen) atoms. The number of phenolic OH excluding ortho intramolecular Hbond substituents is 1. The van der Waals surface area contributed by atoms with Gasteiger partial charge in [-0.25, -0.2) is 0 Å². The van der Waals surface area contributed by atoms with Crippen LogP contribution in [-0.4, -0.2) is 17.6 Å². The highest BCUT2D eigenvalue weighted by Crippen LogP contribution is 2.28. The van der Waals surface area contributed by atoms with Gasteiger partial charge in [-0.1, -0.05) is 25.8 Å². The van der Waals surface area contributed by atoms with Crippen LogP contribution in [0.5, 0.6) is 5.75 Å². The third-order valence-corrected chi connectivity index (χ3v) is 4.00. The second-order valence-electron chi connectivity index (χ2n) is 5.58. The summed E-state index contributed by atoms with van der Waals surface area (Å²) in [6, 6.07) is 4.84. The lowest BCUT2D eigenvalue weighted by Gasteiger charge is -2.26. The van der Waals surface area contributed by atoms with Crippen molar-refractivity contribution < 1.29 is 9.90 Å². The maximum absolute atomic E-state index is 12.0. The van der Waals surface area contributed by atoms with E-state index in [0.29, 0.717) is 12.5 Å². The number of nitrogen functional groups attached to an aromatic ring is 1. The molecule has 0 saturated heterocycles. The molecule has 0 spiro atoms. The van der Waals surface area contributed by atoms with Gasteiger partial charge in [-0.15, -0.1) is 0 Å². The van der Waals surface area contributed by atoms with E-state index in [1.54, 1.807) is 18.2 Å². The van der Waals surface area contributed by atoms with Crippen LogP contribution in [0.4, 0.5) is 5.69 Å². The second-order valence-corrected chi connectivity index (χ2v) is 5.58. The molecule has 0 aliphatic heterocycles. The molecular weight excluding hydrogens is 240 g/mol. The number of rotatable bonds is 3. The largest absolute Gasteiger partial charge is 0.505 e. The number of para-hydroxylation sites is 1. The van der Waals surface area contributed by atoms with Gasteiger partial charge in [0.15, 0.2) is 5.75 Å². The van der Waals surface area contributed by atoms with Gasteiger partial charge >= 0.3 is 0 Å². The summed E-state index contributed by atoms with van der Waals surface area (Å²) in [5, 5.41) is 12.7. The van der Waals surface area contributed by atoms with Gasteiger partial charge in [0.25, 0.3) is 5.91 Å². The van der Waals surface area contributed by atoms with Crippen molar-refractivity contribution in [2.75, 3.05) is 12.3 Å². The van der Waals surface area contributed by atoms with Crippen molar-refractivity contribution >= 4 is 11.6 Å². The zero-order chi connectivity index (χ0) is 13.8. The fourth-order valence-corrected chi connectivity index (χ4v) is 2.61. The summed E-state index contributed by atoms with van der Waals surface area (Å²) in [7, 11) is 0. The van der Waals surface area contributed by atoms with Crippen LogP contribution in [0.1, 0.15) is 43.0 Å². The summed E-state index contributed by atoms with van der Waals surface area (Å²) in [5.74, 6) is 0.994. The minimum absolute atomic E-state index is 0.128. The predicted molar refractivity (Wildman–Crippen MR) is 76.0 cm³/mol. The minimum Gasteiger partial charge on any atom is -0.505 e. The van der Waals surface area contributed by atoms with Crippen molar-refractivity contribution in [1.82, 2.24) is 5.32 Å². The van der Waals surface area contributed by atoms with E-state index >= 15 is 0 Å². The Morgan fingerprint density at radius 3 is 2.74 bits per heavy atom. The molecule has 4 heteroatoms. The summed E-state index contributed by atoms with van der Waals surface area (Å²) in [6.45, 7) is 2.96. The summed E-state index contributed by atoms with van der Waals surface area (Å²) >= 11 is 0. The van der Waals surface area contributed by atoms with E-state index in [-0.39, 0.29) is 22.9 Å². The molecule has 0 aromatic heterocycles. The number of hydrogen-bond donors (Lipinski definition) is 3. The normalized spacial score (nSPS) is 23.0. The Morgan fingerprint density at radius 1 is 1.37 bits per heavy atom. The van der Waals surface area contributed by atoms with E-state index in [2.05, 4.69) is 12.2 Å². The fourth-order valence-electron chi connectivity index (χ4n) is 2.61. The summed E-state index contributed by atoms with van der Waals surface area (Å²) in [5.41, 5.74) is 6.07. The quantitative estimate of drug-likeness (QED) is 0.579. The number of carbonyl (C=O) groups is 1. The van der Waals surface area contributed by atoms with Crippen molar-refractivity contribution in [3.05, 3.63) is 23.8 Å². The summed E-state index contributed by atoms with van der Waals surface area (Å²) < 4.78 is 0. The van der Waals surface area contributed by atoms with E-state index in [4.69, 9.17) is 5.73 Å². The number of aromatic hydroxyl groups is 1. The number of hydrogen-bond acceptors (Lipinski definition) is 3. The summed E-state index contributed by atoms with van der Waals surface area (Å²) in [4.78, 5) is 12.0. The first-order valence-corrected chi connectivity index (χ1v) is 6.93. The molecule has 1 aromatic carbocycles. The van der Waals surface area contributed by atoms with Gasteiger partial charge in [0.1, 0.15) is 0 Å². The molecule has 1 amide bonds. The maximum Gasteiger partial charge on any atom is 0.255 e. The van der Waals surface area contributed by atoms with Crippen LogP contribution in [0.15, 0.2) is 18.2 Å². The number of nitrogens with two attached hydrogens (primary N) is 1. The first-order valence-electron chi connectivity index (χ1n) is 6.93. The Bertz CT molecular complexity index is 451. The van der Waals surface area contributed by atoms with Gasteiger partial charge in [0.05, 0.1) is 11.3 Å². The molecule has 4 N–H and O–H groups in total. The average Bonchev–Trinajstić information content (AvgIpc) is 2.41. The molecule has 1 aliphatic carbocycles. The van der Waals surface area contributed by atoms with Crippen LogP contribution in [0.3, 0.4) is 0 Å². The maximum atomic E-state index is 12.0. The molecular formula is C15H22N2O2. The van der Waals surface area contributed by atoms with Gasteiger partial charge < -0.3 is 16.2 Å². The van der Waals surface area contributed by atoms with Gasteiger partial charge in [-0.2, -0.15) is 0 Å². The van der Waals surface area contributed by atoms with Gasteiger partial charge in [-0.05, 0) is 36.8 Å². The van der Waals surface area contributed by atoms with Crippen LogP contribution >= 0.6 is 0 Å². The lowest BCUT2D eigenvalue weighted by Crippen LogP contribution is -2.31. The molecule has 1 aromatic rings. The lowest BCUT2D eigenvalue weighted by atomic mass is 9.83. The first-order chi connectivity index (χ1) is 9.08. The Labute approximate surface area is 114 Å². The molecule has 1 fully saturated rings. The Kier molecular flexibility index (Phi) is 4.30. The van der Waals surface area contributed by atoms with E-state index in [1.165, 1.54) is 25.7 Å². The van der Waals surface area contributed by atoms with Crippen molar-refractivity contribution in [1.29, 1.82) is 0 Å². The molecule has 0 radical (unpaired) electrons. The minimum atomic E-state index is -0.247. The third kappa shape index (κ3) is 3.40. The highest BCUT2D eigenvalue weighted by atomic mass is 16.3. The molecule has 1 saturated carbocycles. The molecule has 0 heterocycles. The molecule has 0 unspecified atom stereocenters. The van der Waals surface area contributed by atoms with Crippen LogP contribution in [-0.2, 0) is 0 Å². The van der Waals surface area contributed by atoms with Gasteiger partial charge in [0.2, 0.25) is 0 Å². The first kappa shape index (κ1) is 13.7. The smallest absolute Gasteiger partial charge is 0.255 e. The fraction of sp³-hybridized carbons (Fsp3) is 0.533. The molecule has 4 nitrogen and oxygen atoms in total. The lowest BCUT2D eigenvalue weighted by molar-refractivity contribution is 0.0939. The Hall–Kier alpha value is -1.71. The summed E-state index contributed by atoms with van der Waals surface area (Å²) in [6.07, 6.45) is 4.82. The van der Waals surface area contributed by atoms with E-state index < -0.39 is 0 Å². The monoisotopic (exact) mass is 262 g/mol. The number of amides is 1. The zero-order valence-electron chi connectivity index (χ0n) is 11.4. The third-order valence-electron chi connectivity index (χ3n) is 4.00. The van der Waals surface area contributed by atoms with Crippen LogP contribution < -0.4 is 11.1 Å². The number of phenols is 1. The van der Waals surface area contributed by atoms with E-state index in [0.717, 1.165) is 5.92 Å². The number of benzene rings is 1. The van der Waals surface area contributed by atoms with Crippen molar-refractivity contribution in [3.8, 4) is 5.75 Å². The average molecular weight is 262 g/mol. The highest BCUT2D eigenvalue weighted by Gasteiger charge is 2.19. The highest BCUT2D eigenvalue weighted by molar-refractivity contribution is 5.98. The van der Waals surface area contributed by atoms with Gasteiger partial charge in [0, 0.05) is 6.54 Å². The predicted octanol–water partition coefficient (Wildman–Crippen LogP) is 2.53. The molecule has 104 valence electrons. The SMILES string of the molecule is CC1CCC(CNC(=O)c2cccc(N)c2O)CC1. The number of nitrogens with one attached hydrogen (secondary N) is 1. The number of carbonyl (C=O) groups excluding carboxylic acids is 1. The Morgan fingerprint density at radius 2 is 2.05 bits per heavy atom. The molecule has 0 bridgehead atoms. The standard InChI is InChI=1S/C15H22N2O2/c1-10-5-7-11(8-6-10)9-17-15(19)12-3-2-4-13(16)14(12)18/h2-4,10-11,18H,5-9,16H2,1H3,(H,17,19). The van der Waals surface area contributed by atoms with Crippen molar-refractivity contribution in [2.45, 2.75) is 32.6 Å². The van der Waals surface area contributed by atoms with E-state index in [1.807, 2.05) is 0 Å². The van der Waals surface area contributed by atoms with Gasteiger partial charge in [-0.3, -0.25) is 4.79 Å². The van der Waals surface area contributed by atoms with Crippen LogP contribution in [0.25, 0.3) is 0 Å². The molecule has 2 rings (SSSR count). The second kappa shape index (κ2) is 5.95. The number of anilines is 1. The molecule has 1 aliphatic rings. The molecule has 0 atom stereocenters. The van der Waals surface area contributed by atoms with Crippen molar-refractivity contribution in [3.63, 3.8) is 0 Å². The van der Waals surface area contributed by atoms with Crippen LogP contribution in [0, 0.1) is 11.8 Å². The topological polar surface area (TPSA) is 75.4 Å². The zero-order valence-corrected chi connectivity index (χ0v) is 11.4. The Balaban J connectivity index is 1.89. The van der Waals surface area contributed by atoms with Crippen molar-refractivity contribution in [2.24, 2.45) is 11.8 Å². The van der Waals surface area contributed by atoms with E-state index in [9.17, 15) is 9.90 Å².